The summed E-state index contributed by atoms with van der Waals surface area (Å²) in [5, 5.41) is 14.5. The second kappa shape index (κ2) is 4.19. The van der Waals surface area contributed by atoms with E-state index >= 15 is 0 Å². The minimum absolute atomic E-state index is 0.0961. The number of hydrogen-bond donors (Lipinski definition) is 0. The Hall–Kier alpha value is -2.46. The fourth-order valence-corrected chi connectivity index (χ4v) is 1.42. The van der Waals surface area contributed by atoms with Crippen LogP contribution >= 0.6 is 11.6 Å². The average Bonchev–Trinajstić information content (AvgIpc) is 2.77. The maximum absolute atomic E-state index is 10.5. The van der Waals surface area contributed by atoms with Crippen molar-refractivity contribution in [2.75, 3.05) is 0 Å². The molecule has 0 N–H and O–H groups in total. The second-order valence-electron chi connectivity index (χ2n) is 3.01. The summed E-state index contributed by atoms with van der Waals surface area (Å²) in [7, 11) is 0. The standard InChI is InChI=1S/C9H4ClN5O2/c1-11-6-3-13-14(5-6)9-8(10)2-7(4-12-9)15(16)17/h2-5H. The molecule has 0 saturated heterocycles. The van der Waals surface area contributed by atoms with Gasteiger partial charge in [0.05, 0.1) is 22.7 Å². The van der Waals surface area contributed by atoms with Crippen LogP contribution in [0.3, 0.4) is 0 Å². The van der Waals surface area contributed by atoms with Crippen LogP contribution in [-0.2, 0) is 0 Å². The molecule has 2 aromatic rings. The number of halogens is 1. The van der Waals surface area contributed by atoms with E-state index in [0.717, 1.165) is 6.20 Å². The molecule has 0 aliphatic carbocycles. The van der Waals surface area contributed by atoms with Gasteiger partial charge in [0.1, 0.15) is 6.20 Å². The number of rotatable bonds is 2. The third-order valence-corrected chi connectivity index (χ3v) is 2.21. The number of nitro groups is 1. The van der Waals surface area contributed by atoms with E-state index in [1.54, 1.807) is 0 Å². The van der Waals surface area contributed by atoms with Crippen molar-refractivity contribution >= 4 is 23.0 Å². The van der Waals surface area contributed by atoms with Crippen molar-refractivity contribution in [3.05, 3.63) is 51.2 Å². The monoisotopic (exact) mass is 249 g/mol. The zero-order valence-electron chi connectivity index (χ0n) is 8.24. The van der Waals surface area contributed by atoms with E-state index in [-0.39, 0.29) is 16.5 Å². The van der Waals surface area contributed by atoms with Gasteiger partial charge in [-0.3, -0.25) is 10.1 Å². The molecule has 0 spiro atoms. The van der Waals surface area contributed by atoms with Crippen molar-refractivity contribution in [3.63, 3.8) is 0 Å². The molecule has 0 aromatic carbocycles. The van der Waals surface area contributed by atoms with Crippen molar-refractivity contribution in [3.8, 4) is 5.82 Å². The summed E-state index contributed by atoms with van der Waals surface area (Å²) in [5.74, 6) is 0.243. The normalized spacial score (nSPS) is 9.88. The third-order valence-electron chi connectivity index (χ3n) is 1.93. The van der Waals surface area contributed by atoms with E-state index in [2.05, 4.69) is 14.9 Å². The van der Waals surface area contributed by atoms with Crippen LogP contribution in [0, 0.1) is 16.7 Å². The Morgan fingerprint density at radius 2 is 2.29 bits per heavy atom. The van der Waals surface area contributed by atoms with Crippen LogP contribution in [0.4, 0.5) is 11.4 Å². The number of hydrogen-bond acceptors (Lipinski definition) is 4. The highest BCUT2D eigenvalue weighted by Gasteiger charge is 2.12. The van der Waals surface area contributed by atoms with Gasteiger partial charge in [0.2, 0.25) is 5.69 Å². The van der Waals surface area contributed by atoms with Gasteiger partial charge in [-0.05, 0) is 0 Å². The van der Waals surface area contributed by atoms with Crippen LogP contribution < -0.4 is 0 Å². The lowest BCUT2D eigenvalue weighted by Gasteiger charge is -2.02. The molecule has 84 valence electrons. The SMILES string of the molecule is [C-]#[N+]c1cnn(-c2ncc([N+](=O)[O-])cc2Cl)c1. The summed E-state index contributed by atoms with van der Waals surface area (Å²) in [5.41, 5.74) is 0.137. The molecule has 0 radical (unpaired) electrons. The molecule has 2 rings (SSSR count). The first kappa shape index (κ1) is 11.0. The molecule has 0 saturated carbocycles. The molecule has 0 atom stereocenters. The smallest absolute Gasteiger partial charge is 0.258 e. The van der Waals surface area contributed by atoms with Crippen molar-refractivity contribution in [2.24, 2.45) is 0 Å². The van der Waals surface area contributed by atoms with Gasteiger partial charge >= 0.3 is 0 Å². The Bertz CT molecular complexity index is 631. The Labute approximate surface area is 100 Å². The van der Waals surface area contributed by atoms with E-state index < -0.39 is 4.92 Å². The molecular weight excluding hydrogens is 246 g/mol. The van der Waals surface area contributed by atoms with Crippen LogP contribution in [0.15, 0.2) is 24.7 Å². The fraction of sp³-hybridized carbons (Fsp3) is 0. The maximum Gasteiger partial charge on any atom is 0.289 e. The quantitative estimate of drug-likeness (QED) is 0.465. The third kappa shape index (κ3) is 2.07. The van der Waals surface area contributed by atoms with Crippen molar-refractivity contribution in [2.45, 2.75) is 0 Å². The molecule has 0 fully saturated rings. The molecule has 0 bridgehead atoms. The molecule has 0 unspecified atom stereocenters. The van der Waals surface area contributed by atoms with Crippen molar-refractivity contribution in [1.82, 2.24) is 14.8 Å². The lowest BCUT2D eigenvalue weighted by atomic mass is 10.4. The highest BCUT2D eigenvalue weighted by atomic mass is 35.5. The average molecular weight is 250 g/mol. The Kier molecular flexibility index (Phi) is 2.72. The predicted octanol–water partition coefficient (Wildman–Crippen LogP) is 2.38. The topological polar surface area (TPSA) is 78.2 Å². The summed E-state index contributed by atoms with van der Waals surface area (Å²) in [6.07, 6.45) is 3.87. The summed E-state index contributed by atoms with van der Waals surface area (Å²) in [4.78, 5) is 16.9. The van der Waals surface area contributed by atoms with Crippen LogP contribution in [-0.4, -0.2) is 19.7 Å². The van der Waals surface area contributed by atoms with Crippen LogP contribution in [0.2, 0.25) is 5.02 Å². The van der Waals surface area contributed by atoms with Gasteiger partial charge < -0.3 is 0 Å². The first-order chi connectivity index (χ1) is 8.11. The van der Waals surface area contributed by atoms with Crippen LogP contribution in [0.25, 0.3) is 10.7 Å². The van der Waals surface area contributed by atoms with Gasteiger partial charge in [-0.15, -0.1) is 0 Å². The predicted molar refractivity (Wildman–Crippen MR) is 59.3 cm³/mol. The second-order valence-corrected chi connectivity index (χ2v) is 3.42. The van der Waals surface area contributed by atoms with Gasteiger partial charge in [0, 0.05) is 12.3 Å². The molecule has 2 aromatic heterocycles. The van der Waals surface area contributed by atoms with E-state index in [0.29, 0.717) is 5.69 Å². The molecule has 0 amide bonds. The molecule has 8 heteroatoms. The van der Waals surface area contributed by atoms with E-state index in [1.165, 1.54) is 23.1 Å². The van der Waals surface area contributed by atoms with Crippen molar-refractivity contribution < 1.29 is 4.92 Å². The first-order valence-electron chi connectivity index (χ1n) is 4.34. The Balaban J connectivity index is 2.47. The van der Waals surface area contributed by atoms with Gasteiger partial charge in [0.25, 0.3) is 5.69 Å². The first-order valence-corrected chi connectivity index (χ1v) is 4.72. The van der Waals surface area contributed by atoms with Gasteiger partial charge in [0.15, 0.2) is 5.82 Å². The summed E-state index contributed by atoms with van der Waals surface area (Å²) in [6, 6.07) is 1.18. The minimum atomic E-state index is -0.587. The molecule has 0 aliphatic rings. The van der Waals surface area contributed by atoms with Crippen LogP contribution in [0.1, 0.15) is 0 Å². The summed E-state index contributed by atoms with van der Waals surface area (Å²) < 4.78 is 1.29. The molecular formula is C9H4ClN5O2. The zero-order chi connectivity index (χ0) is 12.4. The molecule has 17 heavy (non-hydrogen) atoms. The van der Waals surface area contributed by atoms with E-state index in [4.69, 9.17) is 18.2 Å². The number of aromatic nitrogens is 3. The lowest BCUT2D eigenvalue weighted by Crippen LogP contribution is -2.00. The summed E-state index contributed by atoms with van der Waals surface area (Å²) >= 11 is 5.86. The van der Waals surface area contributed by atoms with E-state index in [9.17, 15) is 10.1 Å². The number of pyridine rings is 1. The molecule has 0 aliphatic heterocycles. The highest BCUT2D eigenvalue weighted by Crippen LogP contribution is 2.23. The highest BCUT2D eigenvalue weighted by molar-refractivity contribution is 6.32. The van der Waals surface area contributed by atoms with Gasteiger partial charge in [-0.1, -0.05) is 11.6 Å². The Morgan fingerprint density at radius 1 is 1.53 bits per heavy atom. The van der Waals surface area contributed by atoms with Crippen LogP contribution in [0.5, 0.6) is 0 Å². The minimum Gasteiger partial charge on any atom is -0.258 e. The molecule has 7 nitrogen and oxygen atoms in total. The fourth-order valence-electron chi connectivity index (χ4n) is 1.18. The van der Waals surface area contributed by atoms with E-state index in [1.807, 2.05) is 0 Å². The summed E-state index contributed by atoms with van der Waals surface area (Å²) in [6.45, 7) is 6.79. The molecule has 2 heterocycles. The maximum atomic E-state index is 10.5. The Morgan fingerprint density at radius 3 is 2.82 bits per heavy atom. The zero-order valence-corrected chi connectivity index (χ0v) is 9.00. The largest absolute Gasteiger partial charge is 0.289 e. The number of nitrogens with zero attached hydrogens (tertiary/aromatic N) is 5. The van der Waals surface area contributed by atoms with Gasteiger partial charge in [-0.25, -0.2) is 14.5 Å². The van der Waals surface area contributed by atoms with Gasteiger partial charge in [-0.2, -0.15) is 5.10 Å². The lowest BCUT2D eigenvalue weighted by molar-refractivity contribution is -0.385. The van der Waals surface area contributed by atoms with Crippen molar-refractivity contribution in [1.29, 1.82) is 0 Å².